The van der Waals surface area contributed by atoms with Crippen molar-refractivity contribution in [2.75, 3.05) is 0 Å². The Kier molecular flexibility index (Phi) is 2.74. The normalized spacial score (nSPS) is 11.7. The number of primary sulfonamides is 1. The molecule has 0 amide bonds. The summed E-state index contributed by atoms with van der Waals surface area (Å²) in [5, 5.41) is 4.87. The highest BCUT2D eigenvalue weighted by Gasteiger charge is 2.16. The minimum atomic E-state index is -3.87. The molecule has 2 N–H and O–H groups in total. The maximum absolute atomic E-state index is 13.0. The zero-order valence-electron chi connectivity index (χ0n) is 6.71. The van der Waals surface area contributed by atoms with Gasteiger partial charge in [0, 0.05) is 0 Å². The second kappa shape index (κ2) is 3.36. The van der Waals surface area contributed by atoms with Crippen LogP contribution in [0.5, 0.6) is 0 Å². The van der Waals surface area contributed by atoms with E-state index in [0.29, 0.717) is 5.56 Å². The summed E-state index contributed by atoms with van der Waals surface area (Å²) in [7, 11) is -3.87. The largest absolute Gasteiger partial charge is 0.239 e. The summed E-state index contributed by atoms with van der Waals surface area (Å²) in [4.78, 5) is -0.231. The molecule has 0 aliphatic rings. The molecule has 0 saturated heterocycles. The van der Waals surface area contributed by atoms with Gasteiger partial charge in [-0.25, -0.2) is 17.9 Å². The summed E-state index contributed by atoms with van der Waals surface area (Å²) in [6.45, 7) is 1.59. The number of sulfonamides is 1. The zero-order valence-corrected chi connectivity index (χ0v) is 9.12. The Balaban J connectivity index is 3.56. The highest BCUT2D eigenvalue weighted by molar-refractivity contribution is 9.10. The second-order valence-corrected chi connectivity index (χ2v) is 4.93. The highest BCUT2D eigenvalue weighted by atomic mass is 79.9. The van der Waals surface area contributed by atoms with Gasteiger partial charge in [0.25, 0.3) is 0 Å². The smallest absolute Gasteiger partial charge is 0.225 e. The molecule has 13 heavy (non-hydrogen) atoms. The summed E-state index contributed by atoms with van der Waals surface area (Å²) in [5.41, 5.74) is 0.504. The SMILES string of the molecule is Cc1cc(F)c(Br)c(S(N)(=O)=O)c1. The standard InChI is InChI=1S/C7H7BrFNO2S/c1-4-2-5(9)7(8)6(3-4)13(10,11)12/h2-3H,1H3,(H2,10,11,12). The monoisotopic (exact) mass is 267 g/mol. The highest BCUT2D eigenvalue weighted by Crippen LogP contribution is 2.25. The van der Waals surface area contributed by atoms with Crippen LogP contribution in [-0.2, 0) is 10.0 Å². The van der Waals surface area contributed by atoms with Gasteiger partial charge in [-0.2, -0.15) is 0 Å². The molecule has 0 aliphatic carbocycles. The van der Waals surface area contributed by atoms with Crippen LogP contribution >= 0.6 is 15.9 Å². The van der Waals surface area contributed by atoms with Gasteiger partial charge in [-0.05, 0) is 40.5 Å². The van der Waals surface area contributed by atoms with Gasteiger partial charge in [0.15, 0.2) is 0 Å². The van der Waals surface area contributed by atoms with Gasteiger partial charge < -0.3 is 0 Å². The topological polar surface area (TPSA) is 60.2 Å². The van der Waals surface area contributed by atoms with Gasteiger partial charge in [0.2, 0.25) is 10.0 Å². The van der Waals surface area contributed by atoms with Crippen molar-refractivity contribution in [1.82, 2.24) is 0 Å². The van der Waals surface area contributed by atoms with Crippen LogP contribution in [0.1, 0.15) is 5.56 Å². The number of nitrogens with two attached hydrogens (primary N) is 1. The lowest BCUT2D eigenvalue weighted by Gasteiger charge is -2.03. The molecule has 0 spiro atoms. The number of rotatable bonds is 1. The first kappa shape index (κ1) is 10.6. The van der Waals surface area contributed by atoms with Crippen LogP contribution in [0.3, 0.4) is 0 Å². The van der Waals surface area contributed by atoms with Crippen molar-refractivity contribution in [2.45, 2.75) is 11.8 Å². The maximum Gasteiger partial charge on any atom is 0.239 e. The van der Waals surface area contributed by atoms with E-state index in [1.165, 1.54) is 12.1 Å². The first-order valence-corrected chi connectivity index (χ1v) is 5.65. The summed E-state index contributed by atoms with van der Waals surface area (Å²) in [6.07, 6.45) is 0. The predicted molar refractivity (Wildman–Crippen MR) is 50.2 cm³/mol. The van der Waals surface area contributed by atoms with Gasteiger partial charge in [0.1, 0.15) is 5.82 Å². The molecule has 0 unspecified atom stereocenters. The van der Waals surface area contributed by atoms with E-state index in [1.54, 1.807) is 6.92 Å². The first-order valence-electron chi connectivity index (χ1n) is 3.31. The molecule has 1 aromatic carbocycles. The minimum absolute atomic E-state index is 0.124. The van der Waals surface area contributed by atoms with Crippen LogP contribution < -0.4 is 5.14 Å². The zero-order chi connectivity index (χ0) is 10.2. The van der Waals surface area contributed by atoms with Gasteiger partial charge in [-0.3, -0.25) is 0 Å². The third-order valence-electron chi connectivity index (χ3n) is 1.45. The number of halogens is 2. The Bertz CT molecular complexity index is 444. The van der Waals surface area contributed by atoms with Crippen LogP contribution in [0, 0.1) is 12.7 Å². The van der Waals surface area contributed by atoms with E-state index in [9.17, 15) is 12.8 Å². The van der Waals surface area contributed by atoms with Crippen LogP contribution in [-0.4, -0.2) is 8.42 Å². The number of aryl methyl sites for hydroxylation is 1. The number of hydrogen-bond donors (Lipinski definition) is 1. The maximum atomic E-state index is 13.0. The molecule has 0 radical (unpaired) electrons. The molecule has 0 bridgehead atoms. The van der Waals surface area contributed by atoms with E-state index >= 15 is 0 Å². The Morgan fingerprint density at radius 2 is 2.00 bits per heavy atom. The fourth-order valence-corrected chi connectivity index (χ4v) is 2.50. The van der Waals surface area contributed by atoms with Crippen molar-refractivity contribution < 1.29 is 12.8 Å². The Labute approximate surface area is 83.9 Å². The molecule has 0 aliphatic heterocycles. The molecule has 3 nitrogen and oxygen atoms in total. The molecule has 1 aromatic rings. The van der Waals surface area contributed by atoms with Crippen molar-refractivity contribution in [3.8, 4) is 0 Å². The molecule has 72 valence electrons. The summed E-state index contributed by atoms with van der Waals surface area (Å²) in [5.74, 6) is -0.635. The number of hydrogen-bond acceptors (Lipinski definition) is 2. The van der Waals surface area contributed by atoms with Crippen LogP contribution in [0.25, 0.3) is 0 Å². The lowest BCUT2D eigenvalue weighted by atomic mass is 10.2. The molecule has 6 heteroatoms. The van der Waals surface area contributed by atoms with E-state index in [-0.39, 0.29) is 9.37 Å². The fraction of sp³-hybridized carbons (Fsp3) is 0.143. The van der Waals surface area contributed by atoms with Crippen LogP contribution in [0.15, 0.2) is 21.5 Å². The molecule has 0 atom stereocenters. The lowest BCUT2D eigenvalue weighted by Crippen LogP contribution is -2.13. The van der Waals surface area contributed by atoms with E-state index in [2.05, 4.69) is 15.9 Å². The van der Waals surface area contributed by atoms with E-state index in [4.69, 9.17) is 5.14 Å². The minimum Gasteiger partial charge on any atom is -0.225 e. The van der Waals surface area contributed by atoms with E-state index in [0.717, 1.165) is 0 Å². The van der Waals surface area contributed by atoms with E-state index < -0.39 is 15.8 Å². The third-order valence-corrected chi connectivity index (χ3v) is 3.45. The van der Waals surface area contributed by atoms with Crippen molar-refractivity contribution >= 4 is 26.0 Å². The van der Waals surface area contributed by atoms with Crippen molar-refractivity contribution in [1.29, 1.82) is 0 Å². The molecule has 0 fully saturated rings. The quantitative estimate of drug-likeness (QED) is 0.839. The molecular weight excluding hydrogens is 261 g/mol. The van der Waals surface area contributed by atoms with Gasteiger partial charge in [0.05, 0.1) is 9.37 Å². The molecule has 0 aromatic heterocycles. The first-order chi connectivity index (χ1) is 5.82. The Morgan fingerprint density at radius 1 is 1.46 bits per heavy atom. The Morgan fingerprint density at radius 3 is 2.46 bits per heavy atom. The Hall–Kier alpha value is -0.460. The van der Waals surface area contributed by atoms with Crippen LogP contribution in [0.2, 0.25) is 0 Å². The third kappa shape index (κ3) is 2.26. The molecular formula is C7H7BrFNO2S. The van der Waals surface area contributed by atoms with Crippen molar-refractivity contribution in [3.63, 3.8) is 0 Å². The summed E-state index contributed by atoms with van der Waals surface area (Å²) >= 11 is 2.82. The predicted octanol–water partition coefficient (Wildman–Crippen LogP) is 1.54. The number of benzene rings is 1. The molecule has 0 saturated carbocycles. The molecule has 0 heterocycles. The van der Waals surface area contributed by atoms with Gasteiger partial charge in [-0.1, -0.05) is 0 Å². The van der Waals surface area contributed by atoms with Crippen LogP contribution in [0.4, 0.5) is 4.39 Å². The summed E-state index contributed by atoms with van der Waals surface area (Å²) in [6, 6.07) is 2.53. The van der Waals surface area contributed by atoms with Gasteiger partial charge in [-0.15, -0.1) is 0 Å². The summed E-state index contributed by atoms with van der Waals surface area (Å²) < 4.78 is 34.8. The lowest BCUT2D eigenvalue weighted by molar-refractivity contribution is 0.588. The average molecular weight is 268 g/mol. The van der Waals surface area contributed by atoms with Gasteiger partial charge >= 0.3 is 0 Å². The average Bonchev–Trinajstić information content (AvgIpc) is 1.94. The van der Waals surface area contributed by atoms with Crippen molar-refractivity contribution in [2.24, 2.45) is 5.14 Å². The van der Waals surface area contributed by atoms with E-state index in [1.807, 2.05) is 0 Å². The second-order valence-electron chi connectivity index (χ2n) is 2.60. The molecule has 1 rings (SSSR count). The fourth-order valence-electron chi connectivity index (χ4n) is 0.900. The van der Waals surface area contributed by atoms with Crippen molar-refractivity contribution in [3.05, 3.63) is 28.0 Å².